The van der Waals surface area contributed by atoms with Crippen molar-refractivity contribution < 1.29 is 0 Å². The minimum Gasteiger partial charge on any atom is -0.351 e. The molecular weight excluding hydrogens is 252 g/mol. The summed E-state index contributed by atoms with van der Waals surface area (Å²) in [5.41, 5.74) is 0.639. The van der Waals surface area contributed by atoms with Gasteiger partial charge < -0.3 is 5.32 Å². The lowest BCUT2D eigenvalue weighted by molar-refractivity contribution is 0.615. The number of rotatable bonds is 2. The number of nitrogens with zero attached hydrogens (tertiary/aromatic N) is 3. The van der Waals surface area contributed by atoms with Crippen LogP contribution >= 0.6 is 0 Å². The first kappa shape index (κ1) is 13.1. The molecule has 0 atom stereocenters. The molecule has 2 aromatic rings. The van der Waals surface area contributed by atoms with Gasteiger partial charge >= 0.3 is 0 Å². The largest absolute Gasteiger partial charge is 0.351 e. The number of anilines is 1. The average Bonchev–Trinajstić information content (AvgIpc) is 2.72. The van der Waals surface area contributed by atoms with E-state index in [2.05, 4.69) is 15.3 Å². The lowest BCUT2D eigenvalue weighted by Crippen LogP contribution is -2.21. The number of aromatic nitrogens is 3. The Hall–Kier alpha value is -1.91. The van der Waals surface area contributed by atoms with Crippen LogP contribution in [0.2, 0.25) is 0 Å². The summed E-state index contributed by atoms with van der Waals surface area (Å²) in [6.07, 6.45) is 9.31. The summed E-state index contributed by atoms with van der Waals surface area (Å²) in [6, 6.07) is 3.77. The number of nitrogens with one attached hydrogen (secondary N) is 1. The normalized spacial score (nSPS) is 17.1. The fourth-order valence-electron chi connectivity index (χ4n) is 2.82. The predicted molar refractivity (Wildman–Crippen MR) is 79.9 cm³/mol. The molecule has 0 aromatic carbocycles. The molecule has 0 unspecified atom stereocenters. The fraction of sp³-hybridized carbons (Fsp3) is 0.533. The van der Waals surface area contributed by atoms with Gasteiger partial charge in [0.15, 0.2) is 0 Å². The molecule has 1 N–H and O–H groups in total. The molecule has 20 heavy (non-hydrogen) atoms. The second-order valence-electron chi connectivity index (χ2n) is 5.54. The van der Waals surface area contributed by atoms with Crippen molar-refractivity contribution in [3.8, 4) is 0 Å². The Kier molecular flexibility index (Phi) is 3.67. The molecule has 1 fully saturated rings. The van der Waals surface area contributed by atoms with Gasteiger partial charge in [-0.15, -0.1) is 0 Å². The van der Waals surface area contributed by atoms with Gasteiger partial charge in [0.1, 0.15) is 5.65 Å². The third-order valence-electron chi connectivity index (χ3n) is 4.04. The quantitative estimate of drug-likeness (QED) is 0.853. The number of hydrogen-bond acceptors (Lipinski definition) is 4. The van der Waals surface area contributed by atoms with Crippen molar-refractivity contribution in [2.45, 2.75) is 44.6 Å². The Morgan fingerprint density at radius 2 is 1.95 bits per heavy atom. The van der Waals surface area contributed by atoms with Gasteiger partial charge in [-0.25, -0.2) is 4.98 Å². The summed E-state index contributed by atoms with van der Waals surface area (Å²) in [5.74, 6) is 0.630. The third-order valence-corrected chi connectivity index (χ3v) is 4.04. The minimum absolute atomic E-state index is 0.0448. The first-order valence-electron chi connectivity index (χ1n) is 7.33. The van der Waals surface area contributed by atoms with Gasteiger partial charge in [-0.2, -0.15) is 4.98 Å². The highest BCUT2D eigenvalue weighted by Gasteiger charge is 2.13. The van der Waals surface area contributed by atoms with E-state index in [1.807, 2.05) is 0 Å². The highest BCUT2D eigenvalue weighted by atomic mass is 16.1. The molecule has 2 aromatic heterocycles. The molecule has 1 aliphatic rings. The van der Waals surface area contributed by atoms with Crippen LogP contribution in [-0.2, 0) is 7.05 Å². The van der Waals surface area contributed by atoms with Crippen LogP contribution < -0.4 is 10.9 Å². The van der Waals surface area contributed by atoms with E-state index < -0.39 is 0 Å². The number of pyridine rings is 1. The smallest absolute Gasteiger partial charge is 0.251 e. The molecule has 5 heteroatoms. The molecular formula is C15H20N4O. The van der Waals surface area contributed by atoms with E-state index >= 15 is 0 Å². The predicted octanol–water partition coefficient (Wildman–Crippen LogP) is 2.46. The lowest BCUT2D eigenvalue weighted by atomic mass is 10.1. The lowest BCUT2D eigenvalue weighted by Gasteiger charge is -2.16. The van der Waals surface area contributed by atoms with Crippen molar-refractivity contribution in [1.82, 2.24) is 14.5 Å². The maximum atomic E-state index is 11.7. The molecule has 1 saturated carbocycles. The van der Waals surface area contributed by atoms with E-state index in [4.69, 9.17) is 0 Å². The standard InChI is InChI=1S/C15H20N4O/c1-19-13(20)9-8-11-10-16-15(18-14(11)19)17-12-6-4-2-3-5-7-12/h8-10,12H,2-7H2,1H3,(H,16,17,18). The van der Waals surface area contributed by atoms with Crippen LogP contribution in [0.1, 0.15) is 38.5 Å². The molecule has 106 valence electrons. The summed E-state index contributed by atoms with van der Waals surface area (Å²) in [6.45, 7) is 0. The Balaban J connectivity index is 1.88. The van der Waals surface area contributed by atoms with Crippen LogP contribution in [0.5, 0.6) is 0 Å². The van der Waals surface area contributed by atoms with Crippen molar-refractivity contribution in [2.24, 2.45) is 7.05 Å². The van der Waals surface area contributed by atoms with E-state index in [1.165, 1.54) is 38.5 Å². The number of fused-ring (bicyclic) bond motifs is 1. The Bertz CT molecular complexity index is 656. The molecule has 1 aliphatic carbocycles. The van der Waals surface area contributed by atoms with E-state index in [0.29, 0.717) is 17.6 Å². The van der Waals surface area contributed by atoms with Gasteiger partial charge in [0.05, 0.1) is 0 Å². The molecule has 0 radical (unpaired) electrons. The zero-order valence-corrected chi connectivity index (χ0v) is 11.8. The van der Waals surface area contributed by atoms with E-state index in [1.54, 1.807) is 29.9 Å². The Morgan fingerprint density at radius 3 is 2.70 bits per heavy atom. The Morgan fingerprint density at radius 1 is 1.20 bits per heavy atom. The minimum atomic E-state index is -0.0448. The highest BCUT2D eigenvalue weighted by molar-refractivity contribution is 5.74. The second kappa shape index (κ2) is 5.61. The van der Waals surface area contributed by atoms with Crippen molar-refractivity contribution in [1.29, 1.82) is 0 Å². The van der Waals surface area contributed by atoms with Crippen molar-refractivity contribution in [3.63, 3.8) is 0 Å². The van der Waals surface area contributed by atoms with Gasteiger partial charge in [-0.1, -0.05) is 25.7 Å². The summed E-state index contributed by atoms with van der Waals surface area (Å²) >= 11 is 0. The van der Waals surface area contributed by atoms with Gasteiger partial charge in [0, 0.05) is 30.7 Å². The zero-order valence-electron chi connectivity index (χ0n) is 11.8. The van der Waals surface area contributed by atoms with Crippen molar-refractivity contribution in [2.75, 3.05) is 5.32 Å². The fourth-order valence-corrected chi connectivity index (χ4v) is 2.82. The average molecular weight is 272 g/mol. The molecule has 0 aliphatic heterocycles. The van der Waals surface area contributed by atoms with Crippen LogP contribution in [0.3, 0.4) is 0 Å². The summed E-state index contributed by atoms with van der Waals surface area (Å²) in [4.78, 5) is 20.5. The van der Waals surface area contributed by atoms with Gasteiger partial charge in [-0.05, 0) is 18.9 Å². The van der Waals surface area contributed by atoms with Crippen LogP contribution in [0.15, 0.2) is 23.1 Å². The first-order chi connectivity index (χ1) is 9.74. The van der Waals surface area contributed by atoms with Crippen LogP contribution in [0.4, 0.5) is 5.95 Å². The van der Waals surface area contributed by atoms with E-state index in [9.17, 15) is 4.79 Å². The molecule has 0 bridgehead atoms. The van der Waals surface area contributed by atoms with Crippen molar-refractivity contribution >= 4 is 17.0 Å². The summed E-state index contributed by atoms with van der Waals surface area (Å²) in [7, 11) is 1.74. The van der Waals surface area contributed by atoms with Crippen LogP contribution in [0, 0.1) is 0 Å². The number of aryl methyl sites for hydroxylation is 1. The van der Waals surface area contributed by atoms with Gasteiger partial charge in [0.2, 0.25) is 5.95 Å². The van der Waals surface area contributed by atoms with Gasteiger partial charge in [0.25, 0.3) is 5.56 Å². The third kappa shape index (κ3) is 2.66. The van der Waals surface area contributed by atoms with E-state index in [-0.39, 0.29) is 5.56 Å². The monoisotopic (exact) mass is 272 g/mol. The van der Waals surface area contributed by atoms with Crippen LogP contribution in [-0.4, -0.2) is 20.6 Å². The molecule has 2 heterocycles. The van der Waals surface area contributed by atoms with Crippen molar-refractivity contribution in [3.05, 3.63) is 28.7 Å². The first-order valence-corrected chi connectivity index (χ1v) is 7.33. The molecule has 0 spiro atoms. The summed E-state index contributed by atoms with van der Waals surface area (Å²) in [5, 5.41) is 4.31. The SMILES string of the molecule is Cn1c(=O)ccc2cnc(NC3CCCCCC3)nc21. The second-order valence-corrected chi connectivity index (χ2v) is 5.54. The number of hydrogen-bond donors (Lipinski definition) is 1. The van der Waals surface area contributed by atoms with Crippen LogP contribution in [0.25, 0.3) is 11.0 Å². The molecule has 0 saturated heterocycles. The maximum Gasteiger partial charge on any atom is 0.251 e. The molecule has 5 nitrogen and oxygen atoms in total. The maximum absolute atomic E-state index is 11.7. The molecule has 3 rings (SSSR count). The van der Waals surface area contributed by atoms with Gasteiger partial charge in [-0.3, -0.25) is 9.36 Å². The Labute approximate surface area is 118 Å². The van der Waals surface area contributed by atoms with E-state index in [0.717, 1.165) is 5.39 Å². The highest BCUT2D eigenvalue weighted by Crippen LogP contribution is 2.20. The topological polar surface area (TPSA) is 59.8 Å². The molecule has 0 amide bonds. The zero-order chi connectivity index (χ0) is 13.9. The summed E-state index contributed by atoms with van der Waals surface area (Å²) < 4.78 is 1.56.